The van der Waals surface area contributed by atoms with Gasteiger partial charge < -0.3 is 0 Å². The minimum atomic E-state index is -2.23. The first-order chi connectivity index (χ1) is 5.00. The molecule has 0 saturated heterocycles. The third-order valence-corrected chi connectivity index (χ3v) is 1.56. The molecule has 2 N–H and O–H groups in total. The molecule has 0 aliphatic carbocycles. The van der Waals surface area contributed by atoms with Crippen molar-refractivity contribution in [2.45, 2.75) is 12.2 Å². The Kier molecular flexibility index (Phi) is 10.1. The fourth-order valence-corrected chi connectivity index (χ4v) is 0.725. The van der Waals surface area contributed by atoms with E-state index in [0.717, 1.165) is 0 Å². The van der Waals surface area contributed by atoms with Crippen molar-refractivity contribution in [3.05, 3.63) is 0 Å². The van der Waals surface area contributed by atoms with Gasteiger partial charge in [-0.05, 0) is 0 Å². The molecule has 12 heavy (non-hydrogen) atoms. The first-order valence-corrected chi connectivity index (χ1v) is 3.82. The number of carbonyl (C=O) groups excluding carboxylic acids is 2. The van der Waals surface area contributed by atoms with Crippen LogP contribution in [0.1, 0.15) is 0 Å². The van der Waals surface area contributed by atoms with Crippen molar-refractivity contribution in [1.29, 1.82) is 0 Å². The van der Waals surface area contributed by atoms with Crippen LogP contribution in [0.25, 0.3) is 0 Å². The number of carboxylic acids is 1. The molecule has 0 aromatic heterocycles. The number of carboxylic acid groups (broad SMARTS) is 1. The van der Waals surface area contributed by atoms with Gasteiger partial charge in [0.05, 0.1) is 0 Å². The number of aliphatic carboxylic acids is 1. The minimum Gasteiger partial charge on any atom is 1.00 e. The molecule has 0 aliphatic rings. The van der Waals surface area contributed by atoms with Gasteiger partial charge in [0.15, 0.2) is 0 Å². The van der Waals surface area contributed by atoms with Gasteiger partial charge in [-0.15, -0.1) is 0 Å². The summed E-state index contributed by atoms with van der Waals surface area (Å²) in [6.07, 6.45) is -4.29. The molecule has 0 aromatic carbocycles. The van der Waals surface area contributed by atoms with Gasteiger partial charge in [0.2, 0.25) is 0 Å². The minimum absolute atomic E-state index is 0. The van der Waals surface area contributed by atoms with Crippen LogP contribution in [-0.2, 0) is 12.6 Å². The Balaban J connectivity index is 0. The van der Waals surface area contributed by atoms with Crippen molar-refractivity contribution >= 4 is 35.4 Å². The summed E-state index contributed by atoms with van der Waals surface area (Å²) in [5, 5.41) is 27.0. The van der Waals surface area contributed by atoms with Crippen LogP contribution in [-0.4, -0.2) is 57.8 Å². The first-order valence-electron chi connectivity index (χ1n) is 2.48. The number of rotatable bonds is 3. The van der Waals surface area contributed by atoms with Crippen LogP contribution >= 0.6 is 0 Å². The zero-order valence-electron chi connectivity index (χ0n) is 6.26. The second kappa shape index (κ2) is 7.69. The van der Waals surface area contributed by atoms with Crippen LogP contribution in [0.2, 0.25) is 0 Å². The van der Waals surface area contributed by atoms with Crippen LogP contribution in [0, 0.1) is 0 Å². The maximum atomic E-state index is 10.4. The summed E-state index contributed by atoms with van der Waals surface area (Å²) in [6.45, 7) is 0. The van der Waals surface area contributed by atoms with Gasteiger partial charge in [-0.25, -0.2) is 0 Å². The quantitative estimate of drug-likeness (QED) is 0.502. The molecule has 0 aliphatic heterocycles. The predicted molar refractivity (Wildman–Crippen MR) is 31.7 cm³/mol. The number of carbonyl (C=O) groups is 2. The van der Waals surface area contributed by atoms with E-state index in [1.165, 1.54) is 0 Å². The number of aliphatic hydroxyl groups is 2. The second-order valence-electron chi connectivity index (χ2n) is 1.65. The van der Waals surface area contributed by atoms with E-state index in [2.05, 4.69) is 3.02 Å². The largest absolute Gasteiger partial charge is 1.00 e. The molecule has 0 amide bonds. The molecule has 0 spiro atoms. The maximum Gasteiger partial charge on any atom is 1.00 e. The van der Waals surface area contributed by atoms with E-state index in [1.807, 2.05) is 0 Å². The van der Waals surface area contributed by atoms with Gasteiger partial charge in [0.1, 0.15) is 0 Å². The van der Waals surface area contributed by atoms with Gasteiger partial charge in [-0.3, -0.25) is 0 Å². The molecule has 0 heterocycles. The first kappa shape index (κ1) is 15.8. The van der Waals surface area contributed by atoms with Crippen molar-refractivity contribution in [2.75, 3.05) is 0 Å². The predicted octanol–water partition coefficient (Wildman–Crippen LogP) is -7.45. The number of hydrogen-bond acceptors (Lipinski definition) is 6. The molecule has 2 atom stereocenters. The Labute approximate surface area is 125 Å². The molecule has 8 heteroatoms. The Bertz CT molecular complexity index is 173. The van der Waals surface area contributed by atoms with Crippen LogP contribution in [0.15, 0.2) is 0 Å². The van der Waals surface area contributed by atoms with Crippen molar-refractivity contribution in [2.24, 2.45) is 0 Å². The van der Waals surface area contributed by atoms with Gasteiger partial charge >= 0.3 is 127 Å². The summed E-state index contributed by atoms with van der Waals surface area (Å²) in [4.78, 5) is 20.2. The van der Waals surface area contributed by atoms with Gasteiger partial charge in [-0.2, -0.15) is 0 Å². The normalized spacial score (nSPS) is 13.9. The van der Waals surface area contributed by atoms with E-state index >= 15 is 0 Å². The van der Waals surface area contributed by atoms with E-state index in [4.69, 9.17) is 10.2 Å². The van der Waals surface area contributed by atoms with Crippen LogP contribution in [0.4, 0.5) is 0 Å². The third kappa shape index (κ3) is 5.13. The smallest absolute Gasteiger partial charge is 1.00 e. The SMILES string of the molecule is O=C([O-])C(O)C(O)C(=O)[O][SbH2].[K+]. The molecule has 0 saturated carbocycles. The Morgan fingerprint density at radius 1 is 1.33 bits per heavy atom. The van der Waals surface area contributed by atoms with Crippen LogP contribution in [0.3, 0.4) is 0 Å². The summed E-state index contributed by atoms with van der Waals surface area (Å²) >= 11 is 0.0874. The van der Waals surface area contributed by atoms with Crippen LogP contribution in [0.5, 0.6) is 0 Å². The van der Waals surface area contributed by atoms with E-state index in [-0.39, 0.29) is 74.8 Å². The zero-order valence-corrected chi connectivity index (χ0v) is 12.7. The fraction of sp³-hybridized carbons (Fsp3) is 0.500. The summed E-state index contributed by atoms with van der Waals surface area (Å²) in [5.74, 6) is -3.08. The zero-order chi connectivity index (χ0) is 9.02. The Hall–Kier alpha value is 1.31. The standard InChI is InChI=1S/C4H6O6.K.Sb.2H/c5-1(3(7)8)2(6)4(9)10;;;;/h1-2,5-6H,(H,7,8)(H,9,10);;;;/q;2*+1;;/p-2. The summed E-state index contributed by atoms with van der Waals surface area (Å²) in [6, 6.07) is 0. The van der Waals surface area contributed by atoms with Crippen molar-refractivity contribution < 1.29 is 79.3 Å². The van der Waals surface area contributed by atoms with Crippen LogP contribution < -0.4 is 56.5 Å². The molecule has 2 unspecified atom stereocenters. The van der Waals surface area contributed by atoms with Crippen molar-refractivity contribution in [3.63, 3.8) is 0 Å². The molecule has 64 valence electrons. The average molecular weight is 311 g/mol. The molecule has 0 fully saturated rings. The molecule has 0 bridgehead atoms. The van der Waals surface area contributed by atoms with E-state index < -0.39 is 24.1 Å². The van der Waals surface area contributed by atoms with Crippen molar-refractivity contribution in [3.8, 4) is 0 Å². The molecule has 6 nitrogen and oxygen atoms in total. The summed E-state index contributed by atoms with van der Waals surface area (Å²) in [7, 11) is 0. The van der Waals surface area contributed by atoms with Gasteiger partial charge in [0.25, 0.3) is 0 Å². The van der Waals surface area contributed by atoms with E-state index in [0.29, 0.717) is 0 Å². The molecule has 0 aromatic rings. The monoisotopic (exact) mass is 310 g/mol. The number of aliphatic hydroxyl groups excluding tert-OH is 2. The Morgan fingerprint density at radius 3 is 2.00 bits per heavy atom. The van der Waals surface area contributed by atoms with Gasteiger partial charge in [0, 0.05) is 0 Å². The maximum absolute atomic E-state index is 10.4. The topological polar surface area (TPSA) is 107 Å². The molecular formula is C4H6KO6Sb. The Morgan fingerprint density at radius 2 is 1.75 bits per heavy atom. The molecular weight excluding hydrogens is 305 g/mol. The van der Waals surface area contributed by atoms with Crippen molar-refractivity contribution in [1.82, 2.24) is 0 Å². The van der Waals surface area contributed by atoms with E-state index in [9.17, 15) is 14.7 Å². The van der Waals surface area contributed by atoms with E-state index in [1.54, 1.807) is 0 Å². The second-order valence-corrected chi connectivity index (χ2v) is 2.32. The average Bonchev–Trinajstić information content (AvgIpc) is 2.00. The third-order valence-electron chi connectivity index (χ3n) is 0.898. The molecule has 0 rings (SSSR count). The fourth-order valence-electron chi connectivity index (χ4n) is 0.328. The number of hydrogen-bond donors (Lipinski definition) is 2. The summed E-state index contributed by atoms with van der Waals surface area (Å²) in [5.41, 5.74) is 0. The molecule has 0 radical (unpaired) electrons. The summed E-state index contributed by atoms with van der Waals surface area (Å²) < 4.78 is 4.07. The van der Waals surface area contributed by atoms with Gasteiger partial charge in [-0.1, -0.05) is 0 Å².